The normalized spacial score (nSPS) is 11.5. The van der Waals surface area contributed by atoms with E-state index in [2.05, 4.69) is 30.0 Å². The first-order valence-electron chi connectivity index (χ1n) is 40.0. The van der Waals surface area contributed by atoms with Gasteiger partial charge in [0.15, 0.2) is 0 Å². The fraction of sp³-hybridized carbons (Fsp3) is 0.0370. The van der Waals surface area contributed by atoms with Gasteiger partial charge < -0.3 is 40.9 Å². The standard InChI is InChI=1S/4C27H22N2O2/c30-26-17-8-7-16-24(26)25(29-23-14-5-2-6-15-23)18-20-10-9-11-21(27(20)31)19-28-22-12-3-1-4-13-22;30-26-17-20(14-15-22(26)18-28-24-10-3-1-4-11-24)16-21-8-7-9-23(27(21)31)19-29-25-12-5-2-6-13-25;30-26-14-8-7-13-24(26)25(29-23-11-5-2-6-12-23)17-20-15-16-21(27(31)18-20)19-28-22-9-3-1-4-10-22;30-26-16-20(11-13-22(26)18-28-24-7-3-1-4-8-24)15-21-12-14-23(27(31)17-21)19-29-25-9-5-2-6-10-25/h1-17,19,30-31H,18H2;1-15,17-19,30-31H,16H2;1-16,18-19,30-31H,17H2;1-14,16-19,30-31H,15H2. The number of hydrogen-bond acceptors (Lipinski definition) is 16. The van der Waals surface area contributed by atoms with Gasteiger partial charge in [-0.25, -0.2) is 0 Å². The number of nitrogens with zero attached hydrogens (tertiary/aromatic N) is 8. The van der Waals surface area contributed by atoms with Gasteiger partial charge in [0.1, 0.15) is 46.0 Å². The smallest absolute Gasteiger partial charge is 0.127 e. The molecule has 0 aliphatic carbocycles. The third-order valence-corrected chi connectivity index (χ3v) is 19.3. The minimum Gasteiger partial charge on any atom is -0.507 e. The Bertz CT molecular complexity index is 6340. The summed E-state index contributed by atoms with van der Waals surface area (Å²) in [7, 11) is 0. The predicted octanol–water partition coefficient (Wildman–Crippen LogP) is 24.8. The van der Waals surface area contributed by atoms with E-state index in [1.165, 1.54) is 0 Å². The largest absolute Gasteiger partial charge is 0.507 e. The molecule has 0 aliphatic heterocycles. The Kier molecular flexibility index (Phi) is 30.3. The highest BCUT2D eigenvalue weighted by atomic mass is 16.3. The van der Waals surface area contributed by atoms with Crippen molar-refractivity contribution in [2.75, 3.05) is 0 Å². The van der Waals surface area contributed by atoms with Gasteiger partial charge in [0.25, 0.3) is 0 Å². The first kappa shape index (κ1) is 85.2. The highest BCUT2D eigenvalue weighted by Crippen LogP contribution is 2.33. The molecule has 16 aromatic carbocycles. The van der Waals surface area contributed by atoms with Gasteiger partial charge in [-0.1, -0.05) is 218 Å². The number of phenolic OH excluding ortho intramolecular Hbond substituents is 8. The molecule has 0 saturated carbocycles. The molecule has 0 aromatic heterocycles. The Balaban J connectivity index is 0.000000142. The van der Waals surface area contributed by atoms with Crippen molar-refractivity contribution in [1.82, 2.24) is 0 Å². The Morgan fingerprint density at radius 1 is 0.194 bits per heavy atom. The predicted molar refractivity (Wildman–Crippen MR) is 505 cm³/mol. The third kappa shape index (κ3) is 25.6. The van der Waals surface area contributed by atoms with Gasteiger partial charge in [0, 0.05) is 107 Å². The molecule has 8 N–H and O–H groups in total. The van der Waals surface area contributed by atoms with Gasteiger partial charge in [-0.3, -0.25) is 39.9 Å². The van der Waals surface area contributed by atoms with Crippen LogP contribution in [0.3, 0.4) is 0 Å². The van der Waals surface area contributed by atoms with Crippen molar-refractivity contribution in [2.24, 2.45) is 39.9 Å². The Morgan fingerprint density at radius 3 is 0.758 bits per heavy atom. The zero-order chi connectivity index (χ0) is 85.9. The minimum absolute atomic E-state index is 0.147. The van der Waals surface area contributed by atoms with E-state index >= 15 is 0 Å². The number of aromatic hydroxyl groups is 8. The average molecular weight is 1630 g/mol. The van der Waals surface area contributed by atoms with E-state index in [0.29, 0.717) is 81.5 Å². The van der Waals surface area contributed by atoms with Gasteiger partial charge in [-0.15, -0.1) is 0 Å². The molecule has 16 nitrogen and oxygen atoms in total. The summed E-state index contributed by atoms with van der Waals surface area (Å²) in [5.41, 5.74) is 18.2. The van der Waals surface area contributed by atoms with E-state index in [1.807, 2.05) is 352 Å². The monoisotopic (exact) mass is 1620 g/mol. The van der Waals surface area contributed by atoms with Crippen molar-refractivity contribution in [2.45, 2.75) is 25.7 Å². The lowest BCUT2D eigenvalue weighted by Crippen LogP contribution is -2.06. The van der Waals surface area contributed by atoms with Crippen LogP contribution in [0.5, 0.6) is 46.0 Å². The van der Waals surface area contributed by atoms with Gasteiger partial charge in [0.05, 0.1) is 56.9 Å². The van der Waals surface area contributed by atoms with Crippen LogP contribution in [0.4, 0.5) is 45.5 Å². The zero-order valence-electron chi connectivity index (χ0n) is 67.6. The van der Waals surface area contributed by atoms with Crippen LogP contribution in [0, 0.1) is 0 Å². The lowest BCUT2D eigenvalue weighted by Gasteiger charge is -2.12. The second-order valence-electron chi connectivity index (χ2n) is 28.4. The van der Waals surface area contributed by atoms with Crippen LogP contribution in [-0.4, -0.2) is 89.6 Å². The average Bonchev–Trinajstić information content (AvgIpc) is 0.833. The summed E-state index contributed by atoms with van der Waals surface area (Å²) in [5.74, 6) is 1.31. The molecule has 0 saturated heterocycles. The molecule has 0 heterocycles. The Labute approximate surface area is 720 Å². The lowest BCUT2D eigenvalue weighted by atomic mass is 9.98. The number of para-hydroxylation sites is 12. The number of aliphatic imine (C=N–C) groups is 8. The summed E-state index contributed by atoms with van der Waals surface area (Å²) in [4.78, 5) is 35.9. The zero-order valence-corrected chi connectivity index (χ0v) is 67.6. The van der Waals surface area contributed by atoms with Crippen molar-refractivity contribution in [1.29, 1.82) is 0 Å². The van der Waals surface area contributed by atoms with Crippen molar-refractivity contribution in [3.63, 3.8) is 0 Å². The quantitative estimate of drug-likeness (QED) is 0.0269. The van der Waals surface area contributed by atoms with Crippen LogP contribution >= 0.6 is 0 Å². The second-order valence-corrected chi connectivity index (χ2v) is 28.4. The molecule has 0 atom stereocenters. The molecular formula is C108H88N8O8. The highest BCUT2D eigenvalue weighted by molar-refractivity contribution is 6.07. The molecule has 0 aliphatic rings. The Morgan fingerprint density at radius 2 is 0.444 bits per heavy atom. The van der Waals surface area contributed by atoms with Crippen molar-refractivity contribution < 1.29 is 40.9 Å². The summed E-state index contributed by atoms with van der Waals surface area (Å²) >= 11 is 0. The molecule has 16 aromatic rings. The first-order chi connectivity index (χ1) is 60.7. The molecule has 608 valence electrons. The molecule has 0 fully saturated rings. The number of benzene rings is 16. The molecule has 0 bridgehead atoms. The summed E-state index contributed by atoms with van der Waals surface area (Å²) in [6, 6.07) is 124. The summed E-state index contributed by atoms with van der Waals surface area (Å²) in [6.07, 6.45) is 11.8. The highest BCUT2D eigenvalue weighted by Gasteiger charge is 2.17. The SMILES string of the molecule is Oc1cc(CC(=Nc2ccccc2)c2ccccc2O)ccc1C=Nc1ccccc1.Oc1cc(Cc2ccc(C=Nc3ccccc3)c(O)c2)ccc1C=Nc1ccccc1.Oc1cc(Cc2cccc(C=Nc3ccccc3)c2O)ccc1C=Nc1ccccc1.Oc1ccccc1C(Cc1cccc(C=Nc2ccccc2)c1O)=Nc1ccccc1. The van der Waals surface area contributed by atoms with E-state index in [4.69, 9.17) is 9.98 Å². The molecule has 124 heavy (non-hydrogen) atoms. The maximum atomic E-state index is 10.9. The summed E-state index contributed by atoms with van der Waals surface area (Å²) < 4.78 is 0. The fourth-order valence-corrected chi connectivity index (χ4v) is 12.9. The van der Waals surface area contributed by atoms with Crippen LogP contribution in [0.1, 0.15) is 77.9 Å². The van der Waals surface area contributed by atoms with Crippen LogP contribution in [-0.2, 0) is 25.7 Å². The third-order valence-electron chi connectivity index (χ3n) is 19.3. The fourth-order valence-electron chi connectivity index (χ4n) is 12.9. The second kappa shape index (κ2) is 44.2. The lowest BCUT2D eigenvalue weighted by molar-refractivity contribution is 0.467. The molecule has 0 unspecified atom stereocenters. The molecule has 0 spiro atoms. The van der Waals surface area contributed by atoms with Crippen molar-refractivity contribution >= 4 is 94.2 Å². The topological polar surface area (TPSA) is 261 Å². The van der Waals surface area contributed by atoms with Crippen molar-refractivity contribution in [3.05, 3.63) is 478 Å². The van der Waals surface area contributed by atoms with Gasteiger partial charge in [-0.05, 0) is 216 Å². The van der Waals surface area contributed by atoms with E-state index < -0.39 is 0 Å². The molecule has 0 amide bonds. The van der Waals surface area contributed by atoms with Crippen LogP contribution in [0.2, 0.25) is 0 Å². The van der Waals surface area contributed by atoms with E-state index in [-0.39, 0.29) is 46.0 Å². The maximum absolute atomic E-state index is 10.9. The molecule has 16 rings (SSSR count). The maximum Gasteiger partial charge on any atom is 0.127 e. The minimum atomic E-state index is 0.147. The molecular weight excluding hydrogens is 1540 g/mol. The first-order valence-corrected chi connectivity index (χ1v) is 40.0. The van der Waals surface area contributed by atoms with E-state index in [1.54, 1.807) is 85.8 Å². The van der Waals surface area contributed by atoms with E-state index in [9.17, 15) is 40.9 Å². The number of hydrogen-bond donors (Lipinski definition) is 8. The van der Waals surface area contributed by atoms with Gasteiger partial charge >= 0.3 is 0 Å². The number of phenols is 8. The molecule has 16 heteroatoms. The molecule has 0 radical (unpaired) electrons. The van der Waals surface area contributed by atoms with Crippen molar-refractivity contribution in [3.8, 4) is 46.0 Å². The van der Waals surface area contributed by atoms with Gasteiger partial charge in [-0.2, -0.15) is 0 Å². The van der Waals surface area contributed by atoms with Crippen LogP contribution in [0.25, 0.3) is 0 Å². The van der Waals surface area contributed by atoms with E-state index in [0.717, 1.165) is 79.0 Å². The number of rotatable bonds is 24. The van der Waals surface area contributed by atoms with Crippen LogP contribution < -0.4 is 0 Å². The Hall–Kier alpha value is -16.7. The summed E-state index contributed by atoms with van der Waals surface area (Å²) in [5, 5.41) is 84.0. The van der Waals surface area contributed by atoms with Gasteiger partial charge in [0.2, 0.25) is 0 Å². The van der Waals surface area contributed by atoms with Crippen LogP contribution in [0.15, 0.2) is 440 Å². The summed E-state index contributed by atoms with van der Waals surface area (Å²) in [6.45, 7) is 0.